The van der Waals surface area contributed by atoms with Crippen molar-refractivity contribution in [3.05, 3.63) is 45.1 Å². The van der Waals surface area contributed by atoms with E-state index < -0.39 is 11.9 Å². The van der Waals surface area contributed by atoms with Crippen LogP contribution in [0.1, 0.15) is 17.0 Å². The second kappa shape index (κ2) is 9.25. The molecule has 0 saturated carbocycles. The Morgan fingerprint density at radius 2 is 2.00 bits per heavy atom. The smallest absolute Gasteiger partial charge is 0.368 e. The topological polar surface area (TPSA) is 70.2 Å². The van der Waals surface area contributed by atoms with E-state index in [-0.39, 0.29) is 11.4 Å². The molecule has 2 saturated heterocycles. The summed E-state index contributed by atoms with van der Waals surface area (Å²) in [5.41, 5.74) is 1.60. The van der Waals surface area contributed by atoms with Crippen LogP contribution in [0.2, 0.25) is 0 Å². The fourth-order valence-electron chi connectivity index (χ4n) is 3.84. The first-order valence-corrected chi connectivity index (χ1v) is 12.6. The number of carbonyl (C=O) groups excluding carboxylic acids is 1. The highest BCUT2D eigenvalue weighted by Crippen LogP contribution is 2.36. The highest BCUT2D eigenvalue weighted by atomic mass is 32.2. The van der Waals surface area contributed by atoms with Crippen LogP contribution in [0, 0.1) is 0 Å². The zero-order chi connectivity index (χ0) is 23.9. The number of nitrogens with zero attached hydrogens (tertiary/aromatic N) is 3. The van der Waals surface area contributed by atoms with Crippen LogP contribution in [-0.2, 0) is 11.0 Å². The minimum absolute atomic E-state index is 0.205. The second-order valence-corrected chi connectivity index (χ2v) is 10.4. The van der Waals surface area contributed by atoms with Crippen LogP contribution in [0.5, 0.6) is 0 Å². The monoisotopic (exact) mass is 521 g/mol. The van der Waals surface area contributed by atoms with E-state index >= 15 is 0 Å². The molecular formula is C22H18F3N5OS3. The van der Waals surface area contributed by atoms with Gasteiger partial charge in [-0.1, -0.05) is 24.0 Å². The van der Waals surface area contributed by atoms with Crippen molar-refractivity contribution < 1.29 is 18.0 Å². The first kappa shape index (κ1) is 23.2. The molecule has 0 radical (unpaired) electrons. The molecular weight excluding hydrogens is 503 g/mol. The third-order valence-corrected chi connectivity index (χ3v) is 7.48. The molecule has 2 aliphatic heterocycles. The number of amides is 1. The second-order valence-electron chi connectivity index (χ2n) is 7.77. The average molecular weight is 522 g/mol. The van der Waals surface area contributed by atoms with Gasteiger partial charge in [-0.25, -0.2) is 9.97 Å². The predicted molar refractivity (Wildman–Crippen MR) is 134 cm³/mol. The van der Waals surface area contributed by atoms with Gasteiger partial charge in [-0.3, -0.25) is 4.79 Å². The lowest BCUT2D eigenvalue weighted by atomic mass is 10.1. The summed E-state index contributed by atoms with van der Waals surface area (Å²) in [6.45, 7) is 2.72. The number of pyridine rings is 2. The van der Waals surface area contributed by atoms with Crippen LogP contribution in [0.15, 0.2) is 34.6 Å². The standard InChI is InChI=1S/C22H18F3N5OS3/c23-22(24,25)18-10-16(30-6-1-4-26-5-7-30)19-15(27-18)3-2-14(28-19)12-8-13(33-11-12)9-17-20(31)29-21(32)34-17/h2-3,8-11,26H,1,4-7H2,(H,29,31,32)/b17-9-. The Bertz CT molecular complexity index is 1310. The van der Waals surface area contributed by atoms with Gasteiger partial charge in [0.05, 0.1) is 21.8 Å². The lowest BCUT2D eigenvalue weighted by Crippen LogP contribution is -2.28. The molecule has 0 unspecified atom stereocenters. The summed E-state index contributed by atoms with van der Waals surface area (Å²) in [7, 11) is 0. The van der Waals surface area contributed by atoms with Crippen LogP contribution in [0.4, 0.5) is 18.9 Å². The van der Waals surface area contributed by atoms with Crippen molar-refractivity contribution in [1.82, 2.24) is 20.6 Å². The molecule has 3 aromatic rings. The Kier molecular flexibility index (Phi) is 6.32. The molecule has 2 fully saturated rings. The number of fused-ring (bicyclic) bond motifs is 1. The molecule has 5 heterocycles. The van der Waals surface area contributed by atoms with Crippen molar-refractivity contribution in [2.24, 2.45) is 0 Å². The summed E-state index contributed by atoms with van der Waals surface area (Å²) in [6, 6.07) is 6.26. The van der Waals surface area contributed by atoms with Gasteiger partial charge in [0.15, 0.2) is 0 Å². The average Bonchev–Trinajstić information content (AvgIpc) is 3.27. The summed E-state index contributed by atoms with van der Waals surface area (Å²) < 4.78 is 41.1. The number of anilines is 1. The van der Waals surface area contributed by atoms with Crippen LogP contribution in [-0.4, -0.2) is 46.4 Å². The van der Waals surface area contributed by atoms with Gasteiger partial charge in [-0.2, -0.15) is 13.2 Å². The summed E-state index contributed by atoms with van der Waals surface area (Å²) in [6.07, 6.45) is -1.96. The highest BCUT2D eigenvalue weighted by molar-refractivity contribution is 8.26. The van der Waals surface area contributed by atoms with Crippen molar-refractivity contribution in [1.29, 1.82) is 0 Å². The number of nitrogens with one attached hydrogen (secondary N) is 2. The molecule has 0 aromatic carbocycles. The van der Waals surface area contributed by atoms with Crippen molar-refractivity contribution in [2.45, 2.75) is 12.6 Å². The molecule has 0 aliphatic carbocycles. The molecule has 176 valence electrons. The molecule has 3 aromatic heterocycles. The van der Waals surface area contributed by atoms with Crippen LogP contribution in [0.25, 0.3) is 28.4 Å². The van der Waals surface area contributed by atoms with E-state index in [1.807, 2.05) is 16.3 Å². The number of alkyl halides is 3. The van der Waals surface area contributed by atoms with E-state index in [2.05, 4.69) is 15.6 Å². The largest absolute Gasteiger partial charge is 0.433 e. The molecule has 0 atom stereocenters. The van der Waals surface area contributed by atoms with Crippen molar-refractivity contribution >= 4 is 68.3 Å². The minimum Gasteiger partial charge on any atom is -0.368 e. The number of carbonyl (C=O) groups is 1. The van der Waals surface area contributed by atoms with Gasteiger partial charge >= 0.3 is 6.18 Å². The molecule has 2 aliphatic rings. The van der Waals surface area contributed by atoms with Gasteiger partial charge in [0, 0.05) is 35.5 Å². The lowest BCUT2D eigenvalue weighted by Gasteiger charge is -2.24. The molecule has 1 amide bonds. The molecule has 34 heavy (non-hydrogen) atoms. The zero-order valence-electron chi connectivity index (χ0n) is 17.6. The Morgan fingerprint density at radius 3 is 2.76 bits per heavy atom. The first-order valence-electron chi connectivity index (χ1n) is 10.5. The molecule has 6 nitrogen and oxygen atoms in total. The summed E-state index contributed by atoms with van der Waals surface area (Å²) in [5.74, 6) is -0.225. The molecule has 5 rings (SSSR count). The Hall–Kier alpha value is -2.54. The van der Waals surface area contributed by atoms with E-state index in [0.717, 1.165) is 29.5 Å². The Balaban J connectivity index is 1.56. The number of hydrogen-bond donors (Lipinski definition) is 2. The third-order valence-electron chi connectivity index (χ3n) is 5.43. The highest BCUT2D eigenvalue weighted by Gasteiger charge is 2.34. The maximum Gasteiger partial charge on any atom is 0.433 e. The first-order chi connectivity index (χ1) is 16.3. The van der Waals surface area contributed by atoms with Gasteiger partial charge in [0.2, 0.25) is 0 Å². The number of thiophene rings is 1. The van der Waals surface area contributed by atoms with E-state index in [1.54, 1.807) is 18.2 Å². The molecule has 0 bridgehead atoms. The third kappa shape index (κ3) is 4.81. The minimum atomic E-state index is -4.55. The van der Waals surface area contributed by atoms with Crippen molar-refractivity contribution in [3.63, 3.8) is 0 Å². The van der Waals surface area contributed by atoms with Crippen LogP contribution >= 0.6 is 35.3 Å². The molecule has 0 spiro atoms. The van der Waals surface area contributed by atoms with Gasteiger partial charge in [-0.15, -0.1) is 11.3 Å². The van der Waals surface area contributed by atoms with E-state index in [1.165, 1.54) is 23.1 Å². The molecule has 12 heteroatoms. The maximum absolute atomic E-state index is 13.6. The van der Waals surface area contributed by atoms with Crippen molar-refractivity contribution in [3.8, 4) is 11.3 Å². The van der Waals surface area contributed by atoms with E-state index in [4.69, 9.17) is 17.2 Å². The summed E-state index contributed by atoms with van der Waals surface area (Å²) in [4.78, 5) is 23.8. The quantitative estimate of drug-likeness (QED) is 0.384. The lowest BCUT2D eigenvalue weighted by molar-refractivity contribution is -0.140. The van der Waals surface area contributed by atoms with Crippen molar-refractivity contribution in [2.75, 3.05) is 31.1 Å². The van der Waals surface area contributed by atoms with E-state index in [0.29, 0.717) is 45.8 Å². The van der Waals surface area contributed by atoms with Crippen LogP contribution < -0.4 is 15.5 Å². The molecule has 2 N–H and O–H groups in total. The number of rotatable bonds is 3. The number of aromatic nitrogens is 2. The van der Waals surface area contributed by atoms with Gasteiger partial charge < -0.3 is 15.5 Å². The Morgan fingerprint density at radius 1 is 1.15 bits per heavy atom. The Labute approximate surface area is 206 Å². The van der Waals surface area contributed by atoms with Gasteiger partial charge in [0.25, 0.3) is 5.91 Å². The van der Waals surface area contributed by atoms with Gasteiger partial charge in [-0.05, 0) is 43.3 Å². The number of halogens is 3. The zero-order valence-corrected chi connectivity index (χ0v) is 20.1. The normalized spacial score (nSPS) is 18.6. The SMILES string of the molecule is O=C1NC(=S)S/C1=C\c1cc(-c2ccc3nc(C(F)(F)F)cc(N4CCCNCC4)c3n2)cs1. The number of thiocarbonyl (C=S) groups is 1. The summed E-state index contributed by atoms with van der Waals surface area (Å²) in [5, 5.41) is 7.77. The fraction of sp³-hybridized carbons (Fsp3) is 0.273. The fourth-order valence-corrected chi connectivity index (χ4v) is 5.78. The van der Waals surface area contributed by atoms with E-state index in [9.17, 15) is 18.0 Å². The predicted octanol–water partition coefficient (Wildman–Crippen LogP) is 4.67. The van der Waals surface area contributed by atoms with Gasteiger partial charge in [0.1, 0.15) is 15.5 Å². The maximum atomic E-state index is 13.6. The number of thioether (sulfide) groups is 1. The number of hydrogen-bond acceptors (Lipinski definition) is 8. The van der Waals surface area contributed by atoms with Crippen LogP contribution in [0.3, 0.4) is 0 Å². The summed E-state index contributed by atoms with van der Waals surface area (Å²) >= 11 is 7.68.